The SMILES string of the molecule is C[N+]1(C)C(=O)CNC(c2ccccc2)(c2ccccc2)C2CC=CC=C21. The lowest BCUT2D eigenvalue weighted by Crippen LogP contribution is -2.50. The second-order valence-electron chi connectivity index (χ2n) is 7.55. The molecule has 1 unspecified atom stereocenters. The fraction of sp³-hybridized carbons (Fsp3) is 0.261. The highest BCUT2D eigenvalue weighted by Crippen LogP contribution is 2.47. The molecule has 1 amide bonds. The maximum Gasteiger partial charge on any atom is 0.331 e. The summed E-state index contributed by atoms with van der Waals surface area (Å²) in [6.45, 7) is 0.338. The van der Waals surface area contributed by atoms with Crippen LogP contribution >= 0.6 is 0 Å². The Morgan fingerprint density at radius 3 is 2.12 bits per heavy atom. The number of rotatable bonds is 2. The lowest BCUT2D eigenvalue weighted by molar-refractivity contribution is -0.777. The van der Waals surface area contributed by atoms with Crippen molar-refractivity contribution in [3.8, 4) is 0 Å². The van der Waals surface area contributed by atoms with E-state index in [4.69, 9.17) is 0 Å². The summed E-state index contributed by atoms with van der Waals surface area (Å²) in [7, 11) is 4.02. The van der Waals surface area contributed by atoms with Crippen molar-refractivity contribution in [2.45, 2.75) is 12.0 Å². The molecule has 3 nitrogen and oxygen atoms in total. The molecule has 1 atom stereocenters. The topological polar surface area (TPSA) is 29.1 Å². The third-order valence-electron chi connectivity index (χ3n) is 5.90. The van der Waals surface area contributed by atoms with Gasteiger partial charge in [0.2, 0.25) is 0 Å². The van der Waals surface area contributed by atoms with Gasteiger partial charge in [-0.1, -0.05) is 72.8 Å². The third-order valence-corrected chi connectivity index (χ3v) is 5.90. The molecular formula is C23H25N2O+. The fourth-order valence-corrected chi connectivity index (χ4v) is 4.45. The van der Waals surface area contributed by atoms with Crippen LogP contribution < -0.4 is 5.32 Å². The highest BCUT2D eigenvalue weighted by atomic mass is 16.2. The molecule has 132 valence electrons. The van der Waals surface area contributed by atoms with Gasteiger partial charge in [-0.3, -0.25) is 5.32 Å². The summed E-state index contributed by atoms with van der Waals surface area (Å²) >= 11 is 0. The standard InChI is InChI=1S/C23H25N2O/c1-25(2)21-16-10-9-15-20(21)23(24-17-22(25)26,18-11-5-3-6-12-18)19-13-7-4-8-14-19/h3-14,16,20,24H,15,17H2,1-2H3/q+1. The van der Waals surface area contributed by atoms with Gasteiger partial charge in [-0.2, -0.15) is 0 Å². The molecule has 2 aromatic rings. The van der Waals surface area contributed by atoms with E-state index in [-0.39, 0.29) is 11.8 Å². The van der Waals surface area contributed by atoms with Crippen molar-refractivity contribution in [3.63, 3.8) is 0 Å². The zero-order valence-electron chi connectivity index (χ0n) is 15.4. The van der Waals surface area contributed by atoms with E-state index in [2.05, 4.69) is 72.1 Å². The van der Waals surface area contributed by atoms with Crippen molar-refractivity contribution in [2.75, 3.05) is 20.6 Å². The Bertz CT molecular complexity index is 826. The minimum Gasteiger partial charge on any atom is -0.291 e. The molecule has 26 heavy (non-hydrogen) atoms. The van der Waals surface area contributed by atoms with E-state index in [1.54, 1.807) is 0 Å². The largest absolute Gasteiger partial charge is 0.331 e. The molecular weight excluding hydrogens is 320 g/mol. The number of amides is 1. The molecule has 0 spiro atoms. The number of fused-ring (bicyclic) bond motifs is 1. The van der Waals surface area contributed by atoms with E-state index < -0.39 is 5.54 Å². The molecule has 1 saturated heterocycles. The van der Waals surface area contributed by atoms with Gasteiger partial charge in [0, 0.05) is 0 Å². The number of quaternary nitrogens is 1. The number of benzene rings is 2. The molecule has 4 rings (SSSR count). The molecule has 1 aliphatic heterocycles. The van der Waals surface area contributed by atoms with E-state index >= 15 is 0 Å². The zero-order valence-corrected chi connectivity index (χ0v) is 15.4. The van der Waals surface area contributed by atoms with Crippen molar-refractivity contribution < 1.29 is 9.28 Å². The molecule has 3 heteroatoms. The van der Waals surface area contributed by atoms with Gasteiger partial charge in [-0.25, -0.2) is 9.28 Å². The fourth-order valence-electron chi connectivity index (χ4n) is 4.45. The Kier molecular flexibility index (Phi) is 4.14. The van der Waals surface area contributed by atoms with Gasteiger partial charge in [0.1, 0.15) is 12.2 Å². The highest BCUT2D eigenvalue weighted by Gasteiger charge is 2.52. The van der Waals surface area contributed by atoms with Gasteiger partial charge in [-0.15, -0.1) is 0 Å². The summed E-state index contributed by atoms with van der Waals surface area (Å²) in [5, 5.41) is 3.69. The Labute approximate surface area is 155 Å². The first-order valence-corrected chi connectivity index (χ1v) is 9.17. The van der Waals surface area contributed by atoms with E-state index in [0.717, 1.165) is 12.1 Å². The van der Waals surface area contributed by atoms with Crippen LogP contribution in [0, 0.1) is 5.92 Å². The Hall–Kier alpha value is -2.49. The lowest BCUT2D eigenvalue weighted by atomic mass is 9.69. The van der Waals surface area contributed by atoms with Gasteiger partial charge < -0.3 is 0 Å². The average Bonchev–Trinajstić information content (AvgIpc) is 2.78. The van der Waals surface area contributed by atoms with Crippen LogP contribution in [0.25, 0.3) is 0 Å². The van der Waals surface area contributed by atoms with Crippen molar-refractivity contribution >= 4 is 5.91 Å². The molecule has 0 bridgehead atoms. The van der Waals surface area contributed by atoms with Gasteiger partial charge >= 0.3 is 5.91 Å². The number of carbonyl (C=O) groups is 1. The Morgan fingerprint density at radius 2 is 1.54 bits per heavy atom. The van der Waals surface area contributed by atoms with Crippen molar-refractivity contribution in [1.29, 1.82) is 0 Å². The first-order chi connectivity index (χ1) is 12.6. The van der Waals surface area contributed by atoms with Crippen LogP contribution in [-0.4, -0.2) is 31.0 Å². The molecule has 1 aliphatic carbocycles. The minimum atomic E-state index is -0.430. The predicted octanol–water partition coefficient (Wildman–Crippen LogP) is 3.60. The van der Waals surface area contributed by atoms with Gasteiger partial charge in [0.15, 0.2) is 0 Å². The second kappa shape index (κ2) is 6.35. The van der Waals surface area contributed by atoms with E-state index in [1.165, 1.54) is 11.1 Å². The van der Waals surface area contributed by atoms with Crippen molar-refractivity contribution in [3.05, 3.63) is 95.7 Å². The smallest absolute Gasteiger partial charge is 0.291 e. The number of hydrogen-bond donors (Lipinski definition) is 1. The summed E-state index contributed by atoms with van der Waals surface area (Å²) in [6, 6.07) is 21.1. The van der Waals surface area contributed by atoms with Crippen LogP contribution in [0.2, 0.25) is 0 Å². The zero-order chi connectivity index (χ0) is 18.2. The number of hydrogen-bond acceptors (Lipinski definition) is 2. The first-order valence-electron chi connectivity index (χ1n) is 9.17. The summed E-state index contributed by atoms with van der Waals surface area (Å²) in [6.07, 6.45) is 7.34. The predicted molar refractivity (Wildman–Crippen MR) is 104 cm³/mol. The van der Waals surface area contributed by atoms with Crippen molar-refractivity contribution in [1.82, 2.24) is 5.32 Å². The first kappa shape index (κ1) is 17.0. The number of likely N-dealkylation sites (N-methyl/N-ethyl adjacent to an activating group) is 1. The molecule has 2 aromatic carbocycles. The summed E-state index contributed by atoms with van der Waals surface area (Å²) < 4.78 is 0.295. The van der Waals surface area contributed by atoms with E-state index in [0.29, 0.717) is 11.0 Å². The molecule has 1 heterocycles. The van der Waals surface area contributed by atoms with Crippen LogP contribution in [-0.2, 0) is 10.3 Å². The molecule has 2 aliphatic rings. The second-order valence-corrected chi connectivity index (χ2v) is 7.55. The summed E-state index contributed by atoms with van der Waals surface area (Å²) in [4.78, 5) is 13.0. The third kappa shape index (κ3) is 2.47. The minimum absolute atomic E-state index is 0.166. The lowest BCUT2D eigenvalue weighted by Gasteiger charge is -2.43. The van der Waals surface area contributed by atoms with Crippen LogP contribution in [0.1, 0.15) is 17.5 Å². The summed E-state index contributed by atoms with van der Waals surface area (Å²) in [5.41, 5.74) is 3.13. The number of nitrogens with one attached hydrogen (secondary N) is 1. The average molecular weight is 345 g/mol. The maximum atomic E-state index is 13.0. The quantitative estimate of drug-likeness (QED) is 0.843. The highest BCUT2D eigenvalue weighted by molar-refractivity contribution is 5.73. The normalized spacial score (nSPS) is 23.7. The van der Waals surface area contributed by atoms with Crippen molar-refractivity contribution in [2.24, 2.45) is 5.92 Å². The summed E-state index contributed by atoms with van der Waals surface area (Å²) in [5.74, 6) is 0.351. The van der Waals surface area contributed by atoms with E-state index in [9.17, 15) is 4.79 Å². The molecule has 0 aromatic heterocycles. The van der Waals surface area contributed by atoms with Gasteiger partial charge in [0.05, 0.1) is 25.6 Å². The molecule has 0 radical (unpaired) electrons. The van der Waals surface area contributed by atoms with Crippen LogP contribution in [0.15, 0.2) is 84.6 Å². The van der Waals surface area contributed by atoms with Crippen LogP contribution in [0.4, 0.5) is 0 Å². The monoisotopic (exact) mass is 345 g/mol. The number of nitrogens with zero attached hydrogens (tertiary/aromatic N) is 1. The number of carbonyl (C=O) groups excluding carboxylic acids is 1. The van der Waals surface area contributed by atoms with Gasteiger partial charge in [-0.05, 0) is 23.6 Å². The van der Waals surface area contributed by atoms with E-state index in [1.807, 2.05) is 26.2 Å². The van der Waals surface area contributed by atoms with Crippen LogP contribution in [0.5, 0.6) is 0 Å². The van der Waals surface area contributed by atoms with Crippen LogP contribution in [0.3, 0.4) is 0 Å². The Morgan fingerprint density at radius 1 is 0.962 bits per heavy atom. The Balaban J connectivity index is 2.01. The van der Waals surface area contributed by atoms with Gasteiger partial charge in [0.25, 0.3) is 0 Å². The number of allylic oxidation sites excluding steroid dienone is 3. The molecule has 1 fully saturated rings. The molecule has 0 saturated carbocycles. The molecule has 1 N–H and O–H groups in total. The maximum absolute atomic E-state index is 13.0.